The van der Waals surface area contributed by atoms with E-state index < -0.39 is 10.0 Å². The van der Waals surface area contributed by atoms with Crippen molar-refractivity contribution in [3.05, 3.63) is 30.4 Å². The summed E-state index contributed by atoms with van der Waals surface area (Å²) in [6, 6.07) is 4.49. The molecule has 1 aliphatic carbocycles. The highest BCUT2D eigenvalue weighted by Gasteiger charge is 2.28. The lowest BCUT2D eigenvalue weighted by Gasteiger charge is -2.31. The fourth-order valence-electron chi connectivity index (χ4n) is 5.13. The molecule has 0 bridgehead atoms. The van der Waals surface area contributed by atoms with Crippen molar-refractivity contribution >= 4 is 27.1 Å². The third kappa shape index (κ3) is 5.44. The average molecular weight is 495 g/mol. The number of fused-ring (bicyclic) bond motifs is 1. The first kappa shape index (κ1) is 23.6. The molecule has 0 radical (unpaired) electrons. The van der Waals surface area contributed by atoms with Crippen LogP contribution >= 0.6 is 0 Å². The normalized spacial score (nSPS) is 23.7. The molecule has 0 unspecified atom stereocenters. The maximum atomic E-state index is 12.1. The number of hydrogen-bond donors (Lipinski definition) is 2. The van der Waals surface area contributed by atoms with Gasteiger partial charge >= 0.3 is 0 Å². The Morgan fingerprint density at radius 2 is 2.00 bits per heavy atom. The molecule has 0 spiro atoms. The van der Waals surface area contributed by atoms with E-state index in [9.17, 15) is 8.42 Å². The molecule has 2 fully saturated rings. The van der Waals surface area contributed by atoms with Crippen LogP contribution in [0.15, 0.2) is 24.7 Å². The number of anilines is 1. The van der Waals surface area contributed by atoms with Gasteiger partial charge < -0.3 is 10.3 Å². The van der Waals surface area contributed by atoms with Crippen LogP contribution in [-0.4, -0.2) is 63.0 Å². The molecule has 35 heavy (non-hydrogen) atoms. The molecule has 3 aromatic rings. The number of aromatic nitrogens is 5. The summed E-state index contributed by atoms with van der Waals surface area (Å²) >= 11 is 0. The van der Waals surface area contributed by atoms with E-state index in [1.54, 1.807) is 16.7 Å². The summed E-state index contributed by atoms with van der Waals surface area (Å²) in [6.07, 6.45) is 12.6. The van der Waals surface area contributed by atoms with Crippen LogP contribution in [0.3, 0.4) is 0 Å². The van der Waals surface area contributed by atoms with Crippen LogP contribution in [0.5, 0.6) is 0 Å². The molecule has 2 N–H and O–H groups in total. The summed E-state index contributed by atoms with van der Waals surface area (Å²) in [7, 11) is -3.23. The molecule has 5 rings (SSSR count). The standard InChI is InChI=1S/C24H30N8O2S/c1-35(33,34)32-10-2-3-17(15-32)11-21-19(22-14-27-23-20(30-22)8-9-26-23)13-28-24(31-21)29-18-6-4-16(12-25)5-7-18/h8-9,13-14,16-18H,2-7,10-11,15H2,1H3,(H,26,27)(H,28,29,31)/t16?,17-,18?/m1/s1. The van der Waals surface area contributed by atoms with Crippen molar-refractivity contribution in [3.8, 4) is 17.3 Å². The lowest BCUT2D eigenvalue weighted by molar-refractivity contribution is 0.265. The predicted molar refractivity (Wildman–Crippen MR) is 133 cm³/mol. The number of nitriles is 1. The Morgan fingerprint density at radius 3 is 2.77 bits per heavy atom. The number of H-pyrrole nitrogens is 1. The van der Waals surface area contributed by atoms with Crippen molar-refractivity contribution in [2.75, 3.05) is 24.7 Å². The number of nitrogens with zero attached hydrogens (tertiary/aromatic N) is 6. The van der Waals surface area contributed by atoms with Crippen molar-refractivity contribution in [1.82, 2.24) is 29.2 Å². The zero-order valence-electron chi connectivity index (χ0n) is 19.8. The SMILES string of the molecule is CS(=O)(=O)N1CCC[C@H](Cc2nc(NC3CCC(C#N)CC3)ncc2-c2cnc3[nH]ccc3n2)C1. The second-order valence-electron chi connectivity index (χ2n) is 9.68. The van der Waals surface area contributed by atoms with Crippen molar-refractivity contribution in [3.63, 3.8) is 0 Å². The van der Waals surface area contributed by atoms with Crippen LogP contribution in [0.4, 0.5) is 5.95 Å². The molecule has 3 aromatic heterocycles. The van der Waals surface area contributed by atoms with E-state index in [-0.39, 0.29) is 17.9 Å². The fraction of sp³-hybridized carbons (Fsp3) is 0.542. The van der Waals surface area contributed by atoms with Gasteiger partial charge in [0.15, 0.2) is 5.65 Å². The summed E-state index contributed by atoms with van der Waals surface area (Å²) in [5, 5.41) is 12.6. The highest BCUT2D eigenvalue weighted by molar-refractivity contribution is 7.88. The molecule has 1 saturated carbocycles. The minimum absolute atomic E-state index is 0.137. The predicted octanol–water partition coefficient (Wildman–Crippen LogP) is 3.12. The van der Waals surface area contributed by atoms with E-state index >= 15 is 0 Å². The van der Waals surface area contributed by atoms with E-state index in [4.69, 9.17) is 15.2 Å². The van der Waals surface area contributed by atoms with Gasteiger partial charge in [-0.2, -0.15) is 5.26 Å². The van der Waals surface area contributed by atoms with Crippen LogP contribution < -0.4 is 5.32 Å². The second kappa shape index (κ2) is 9.87. The molecule has 1 aliphatic heterocycles. The van der Waals surface area contributed by atoms with Gasteiger partial charge in [-0.25, -0.2) is 32.7 Å². The molecule has 11 heteroatoms. The van der Waals surface area contributed by atoms with Gasteiger partial charge in [0.25, 0.3) is 0 Å². The Balaban J connectivity index is 1.42. The van der Waals surface area contributed by atoms with Gasteiger partial charge in [-0.3, -0.25) is 0 Å². The van der Waals surface area contributed by atoms with Crippen molar-refractivity contribution in [2.45, 2.75) is 51.0 Å². The summed E-state index contributed by atoms with van der Waals surface area (Å²) in [6.45, 7) is 1.06. The van der Waals surface area contributed by atoms with Gasteiger partial charge in [0.1, 0.15) is 5.52 Å². The van der Waals surface area contributed by atoms with Crippen LogP contribution in [0.25, 0.3) is 22.4 Å². The Bertz CT molecular complexity index is 1340. The number of piperidine rings is 1. The number of hydrogen-bond acceptors (Lipinski definition) is 8. The third-order valence-electron chi connectivity index (χ3n) is 7.08. The maximum absolute atomic E-state index is 12.1. The molecule has 10 nitrogen and oxygen atoms in total. The molecule has 1 saturated heterocycles. The smallest absolute Gasteiger partial charge is 0.223 e. The molecule has 184 valence electrons. The van der Waals surface area contributed by atoms with Crippen LogP contribution in [0.1, 0.15) is 44.2 Å². The summed E-state index contributed by atoms with van der Waals surface area (Å²) in [5.74, 6) is 0.864. The largest absolute Gasteiger partial charge is 0.351 e. The molecule has 2 aliphatic rings. The second-order valence-corrected chi connectivity index (χ2v) is 11.7. The van der Waals surface area contributed by atoms with Crippen LogP contribution in [0, 0.1) is 23.2 Å². The van der Waals surface area contributed by atoms with E-state index in [1.165, 1.54) is 6.26 Å². The fourth-order valence-corrected chi connectivity index (χ4v) is 6.08. The molecule has 4 heterocycles. The van der Waals surface area contributed by atoms with Gasteiger partial charge in [0.2, 0.25) is 16.0 Å². The monoisotopic (exact) mass is 494 g/mol. The maximum Gasteiger partial charge on any atom is 0.223 e. The minimum atomic E-state index is -3.23. The van der Waals surface area contributed by atoms with Gasteiger partial charge in [-0.15, -0.1) is 0 Å². The molecule has 1 atom stereocenters. The number of nitrogens with one attached hydrogen (secondary N) is 2. The first-order chi connectivity index (χ1) is 16.9. The summed E-state index contributed by atoms with van der Waals surface area (Å²) < 4.78 is 25.9. The number of rotatable bonds is 6. The lowest BCUT2D eigenvalue weighted by Crippen LogP contribution is -2.40. The third-order valence-corrected chi connectivity index (χ3v) is 8.35. The van der Waals surface area contributed by atoms with E-state index in [0.29, 0.717) is 31.2 Å². The van der Waals surface area contributed by atoms with E-state index in [1.807, 2.05) is 12.3 Å². The Morgan fingerprint density at radius 1 is 1.17 bits per heavy atom. The first-order valence-electron chi connectivity index (χ1n) is 12.2. The van der Waals surface area contributed by atoms with Crippen molar-refractivity contribution in [2.24, 2.45) is 11.8 Å². The number of aromatic amines is 1. The Labute approximate surface area is 205 Å². The zero-order valence-corrected chi connectivity index (χ0v) is 20.6. The van der Waals surface area contributed by atoms with Gasteiger partial charge in [-0.05, 0) is 56.9 Å². The van der Waals surface area contributed by atoms with Gasteiger partial charge in [0.05, 0.1) is 29.9 Å². The lowest BCUT2D eigenvalue weighted by atomic mass is 9.87. The van der Waals surface area contributed by atoms with Crippen molar-refractivity contribution < 1.29 is 8.42 Å². The molecular weight excluding hydrogens is 464 g/mol. The van der Waals surface area contributed by atoms with E-state index in [2.05, 4.69) is 26.3 Å². The van der Waals surface area contributed by atoms with E-state index in [0.717, 1.165) is 60.9 Å². The summed E-state index contributed by atoms with van der Waals surface area (Å²) in [4.78, 5) is 21.8. The molecule has 0 aromatic carbocycles. The van der Waals surface area contributed by atoms with Crippen LogP contribution in [-0.2, 0) is 16.4 Å². The molecular formula is C24H30N8O2S. The highest BCUT2D eigenvalue weighted by atomic mass is 32.2. The summed E-state index contributed by atoms with van der Waals surface area (Å²) in [5.41, 5.74) is 3.85. The minimum Gasteiger partial charge on any atom is -0.351 e. The van der Waals surface area contributed by atoms with Crippen LogP contribution in [0.2, 0.25) is 0 Å². The highest BCUT2D eigenvalue weighted by Crippen LogP contribution is 2.29. The molecule has 0 amide bonds. The average Bonchev–Trinajstić information content (AvgIpc) is 3.32. The van der Waals surface area contributed by atoms with Gasteiger partial charge in [-0.1, -0.05) is 0 Å². The Kier molecular flexibility index (Phi) is 6.67. The quantitative estimate of drug-likeness (QED) is 0.532. The zero-order chi connectivity index (χ0) is 24.4. The first-order valence-corrected chi connectivity index (χ1v) is 14.0. The number of sulfonamides is 1. The topological polar surface area (TPSA) is 141 Å². The Hall–Kier alpha value is -3.10. The van der Waals surface area contributed by atoms with Gasteiger partial charge in [0, 0.05) is 43.0 Å². The van der Waals surface area contributed by atoms with Crippen molar-refractivity contribution in [1.29, 1.82) is 5.26 Å².